The first-order valence-electron chi connectivity index (χ1n) is 6.31. The number of nitrogens with one attached hydrogen (secondary N) is 1. The molecule has 0 amide bonds. The summed E-state index contributed by atoms with van der Waals surface area (Å²) in [6.45, 7) is 7.58. The SMILES string of the molecule is CC1CCCCN1C[C@H]1CCCNC1. The van der Waals surface area contributed by atoms with Gasteiger partial charge in [-0.3, -0.25) is 0 Å². The third kappa shape index (κ3) is 2.71. The fourth-order valence-electron chi connectivity index (χ4n) is 2.84. The van der Waals surface area contributed by atoms with Crippen LogP contribution < -0.4 is 5.32 Å². The normalized spacial score (nSPS) is 35.8. The van der Waals surface area contributed by atoms with Gasteiger partial charge in [0.15, 0.2) is 0 Å². The average Bonchev–Trinajstić information content (AvgIpc) is 2.23. The van der Waals surface area contributed by atoms with Crippen molar-refractivity contribution >= 4 is 0 Å². The molecule has 2 aliphatic heterocycles. The van der Waals surface area contributed by atoms with E-state index in [9.17, 15) is 0 Å². The molecule has 0 aromatic rings. The third-order valence-corrected chi connectivity index (χ3v) is 3.83. The average molecular weight is 196 g/mol. The van der Waals surface area contributed by atoms with Crippen LogP contribution in [0.15, 0.2) is 0 Å². The van der Waals surface area contributed by atoms with E-state index in [-0.39, 0.29) is 0 Å². The molecule has 0 aliphatic carbocycles. The van der Waals surface area contributed by atoms with E-state index in [0.29, 0.717) is 0 Å². The summed E-state index contributed by atoms with van der Waals surface area (Å²) in [5.74, 6) is 0.921. The van der Waals surface area contributed by atoms with Crippen molar-refractivity contribution in [1.29, 1.82) is 0 Å². The number of nitrogens with zero attached hydrogens (tertiary/aromatic N) is 1. The maximum absolute atomic E-state index is 3.51. The zero-order valence-electron chi connectivity index (χ0n) is 9.47. The molecule has 0 radical (unpaired) electrons. The van der Waals surface area contributed by atoms with Gasteiger partial charge in [0, 0.05) is 12.6 Å². The van der Waals surface area contributed by atoms with Crippen molar-refractivity contribution in [3.63, 3.8) is 0 Å². The van der Waals surface area contributed by atoms with Crippen molar-refractivity contribution in [2.75, 3.05) is 26.2 Å². The van der Waals surface area contributed by atoms with Gasteiger partial charge in [-0.25, -0.2) is 0 Å². The topological polar surface area (TPSA) is 15.3 Å². The monoisotopic (exact) mass is 196 g/mol. The Balaban J connectivity index is 1.76. The predicted octanol–water partition coefficient (Wildman–Crippen LogP) is 1.86. The Morgan fingerprint density at radius 1 is 1.21 bits per heavy atom. The molecular weight excluding hydrogens is 172 g/mol. The van der Waals surface area contributed by atoms with E-state index in [1.807, 2.05) is 0 Å². The van der Waals surface area contributed by atoms with Crippen LogP contribution in [0.25, 0.3) is 0 Å². The molecule has 82 valence electrons. The van der Waals surface area contributed by atoms with Crippen molar-refractivity contribution < 1.29 is 0 Å². The lowest BCUT2D eigenvalue weighted by Crippen LogP contribution is -2.44. The van der Waals surface area contributed by atoms with Crippen LogP contribution in [0, 0.1) is 5.92 Å². The van der Waals surface area contributed by atoms with E-state index in [4.69, 9.17) is 0 Å². The summed E-state index contributed by atoms with van der Waals surface area (Å²) >= 11 is 0. The van der Waals surface area contributed by atoms with Gasteiger partial charge in [0.05, 0.1) is 0 Å². The fraction of sp³-hybridized carbons (Fsp3) is 1.00. The van der Waals surface area contributed by atoms with Gasteiger partial charge in [-0.05, 0) is 58.2 Å². The lowest BCUT2D eigenvalue weighted by molar-refractivity contribution is 0.127. The molecule has 0 aromatic carbocycles. The second-order valence-corrected chi connectivity index (χ2v) is 5.05. The first-order valence-corrected chi connectivity index (χ1v) is 6.31. The van der Waals surface area contributed by atoms with Crippen LogP contribution >= 0.6 is 0 Å². The minimum Gasteiger partial charge on any atom is -0.316 e. The van der Waals surface area contributed by atoms with E-state index < -0.39 is 0 Å². The summed E-state index contributed by atoms with van der Waals surface area (Å²) in [4.78, 5) is 2.71. The fourth-order valence-corrected chi connectivity index (χ4v) is 2.84. The Hall–Kier alpha value is -0.0800. The smallest absolute Gasteiger partial charge is 0.00670 e. The molecule has 0 saturated carbocycles. The van der Waals surface area contributed by atoms with Crippen molar-refractivity contribution in [3.8, 4) is 0 Å². The Labute approximate surface area is 88.1 Å². The summed E-state index contributed by atoms with van der Waals surface area (Å²) in [7, 11) is 0. The number of piperidine rings is 2. The largest absolute Gasteiger partial charge is 0.316 e. The van der Waals surface area contributed by atoms with Crippen molar-refractivity contribution in [2.45, 2.75) is 45.1 Å². The van der Waals surface area contributed by atoms with Gasteiger partial charge in [-0.2, -0.15) is 0 Å². The minimum atomic E-state index is 0.839. The van der Waals surface area contributed by atoms with Gasteiger partial charge < -0.3 is 10.2 Å². The second kappa shape index (κ2) is 5.13. The summed E-state index contributed by atoms with van der Waals surface area (Å²) in [5, 5.41) is 3.51. The number of hydrogen-bond acceptors (Lipinski definition) is 2. The molecule has 2 fully saturated rings. The van der Waals surface area contributed by atoms with E-state index >= 15 is 0 Å². The molecule has 2 rings (SSSR count). The predicted molar refractivity (Wildman–Crippen MR) is 60.5 cm³/mol. The Morgan fingerprint density at radius 2 is 2.14 bits per heavy atom. The lowest BCUT2D eigenvalue weighted by atomic mass is 9.96. The van der Waals surface area contributed by atoms with Gasteiger partial charge in [0.25, 0.3) is 0 Å². The van der Waals surface area contributed by atoms with E-state index in [1.165, 1.54) is 58.3 Å². The number of rotatable bonds is 2. The van der Waals surface area contributed by atoms with Crippen LogP contribution in [0.3, 0.4) is 0 Å². The summed E-state index contributed by atoms with van der Waals surface area (Å²) in [6, 6.07) is 0.839. The third-order valence-electron chi connectivity index (χ3n) is 3.83. The quantitative estimate of drug-likeness (QED) is 0.725. The summed E-state index contributed by atoms with van der Waals surface area (Å²) in [6.07, 6.45) is 7.11. The number of likely N-dealkylation sites (tertiary alicyclic amines) is 1. The van der Waals surface area contributed by atoms with Crippen molar-refractivity contribution in [1.82, 2.24) is 10.2 Å². The van der Waals surface area contributed by atoms with Gasteiger partial charge in [-0.1, -0.05) is 6.42 Å². The van der Waals surface area contributed by atoms with Gasteiger partial charge >= 0.3 is 0 Å². The van der Waals surface area contributed by atoms with Crippen molar-refractivity contribution in [3.05, 3.63) is 0 Å². The second-order valence-electron chi connectivity index (χ2n) is 5.05. The highest BCUT2D eigenvalue weighted by molar-refractivity contribution is 4.78. The van der Waals surface area contributed by atoms with Crippen LogP contribution in [0.2, 0.25) is 0 Å². The Morgan fingerprint density at radius 3 is 2.86 bits per heavy atom. The van der Waals surface area contributed by atoms with Gasteiger partial charge in [-0.15, -0.1) is 0 Å². The van der Waals surface area contributed by atoms with Crippen LogP contribution in [0.1, 0.15) is 39.0 Å². The summed E-state index contributed by atoms with van der Waals surface area (Å²) in [5.41, 5.74) is 0. The van der Waals surface area contributed by atoms with E-state index in [2.05, 4.69) is 17.1 Å². The van der Waals surface area contributed by atoms with Crippen LogP contribution in [-0.4, -0.2) is 37.1 Å². The first-order chi connectivity index (χ1) is 6.86. The van der Waals surface area contributed by atoms with E-state index in [1.54, 1.807) is 0 Å². The highest BCUT2D eigenvalue weighted by Gasteiger charge is 2.22. The highest BCUT2D eigenvalue weighted by atomic mass is 15.2. The minimum absolute atomic E-state index is 0.839. The van der Waals surface area contributed by atoms with Gasteiger partial charge in [0.2, 0.25) is 0 Å². The molecule has 2 nitrogen and oxygen atoms in total. The van der Waals surface area contributed by atoms with Crippen LogP contribution in [0.4, 0.5) is 0 Å². The molecule has 0 spiro atoms. The maximum atomic E-state index is 3.51. The Bertz CT molecular complexity index is 164. The molecule has 2 aliphatic rings. The molecule has 2 heterocycles. The molecule has 2 heteroatoms. The van der Waals surface area contributed by atoms with Gasteiger partial charge in [0.1, 0.15) is 0 Å². The molecule has 1 unspecified atom stereocenters. The van der Waals surface area contributed by atoms with Crippen LogP contribution in [0.5, 0.6) is 0 Å². The summed E-state index contributed by atoms with van der Waals surface area (Å²) < 4.78 is 0. The zero-order valence-corrected chi connectivity index (χ0v) is 9.47. The molecule has 1 N–H and O–H groups in total. The first kappa shape index (κ1) is 10.4. The highest BCUT2D eigenvalue weighted by Crippen LogP contribution is 2.20. The molecule has 0 bridgehead atoms. The van der Waals surface area contributed by atoms with Crippen LogP contribution in [-0.2, 0) is 0 Å². The molecule has 14 heavy (non-hydrogen) atoms. The standard InChI is InChI=1S/C12H24N2/c1-11-5-2-3-8-14(11)10-12-6-4-7-13-9-12/h11-13H,2-10H2,1H3/t11?,12-/m0/s1. The maximum Gasteiger partial charge on any atom is 0.00670 e. The molecular formula is C12H24N2. The van der Waals surface area contributed by atoms with E-state index in [0.717, 1.165) is 12.0 Å². The number of hydrogen-bond donors (Lipinski definition) is 1. The molecule has 0 aromatic heterocycles. The van der Waals surface area contributed by atoms with Crippen molar-refractivity contribution in [2.24, 2.45) is 5.92 Å². The molecule has 2 atom stereocenters. The molecule has 2 saturated heterocycles. The Kier molecular flexibility index (Phi) is 3.82. The lowest BCUT2D eigenvalue weighted by Gasteiger charge is -2.37. The zero-order chi connectivity index (χ0) is 9.80.